The van der Waals surface area contributed by atoms with E-state index in [0.717, 1.165) is 13.0 Å². The van der Waals surface area contributed by atoms with Gasteiger partial charge in [-0.05, 0) is 25.1 Å². The highest BCUT2D eigenvalue weighted by Gasteiger charge is 2.27. The van der Waals surface area contributed by atoms with Crippen LogP contribution in [-0.2, 0) is 4.79 Å². The first-order chi connectivity index (χ1) is 6.79. The van der Waals surface area contributed by atoms with E-state index < -0.39 is 0 Å². The topological polar surface area (TPSA) is 45.2 Å². The van der Waals surface area contributed by atoms with Gasteiger partial charge in [-0.1, -0.05) is 6.07 Å². The van der Waals surface area contributed by atoms with Crippen LogP contribution in [0.15, 0.2) is 24.4 Å². The van der Waals surface area contributed by atoms with Gasteiger partial charge in [-0.3, -0.25) is 9.69 Å². The van der Waals surface area contributed by atoms with E-state index in [1.165, 1.54) is 0 Å². The molecule has 0 spiro atoms. The number of carbonyl (C=O) groups is 1. The van der Waals surface area contributed by atoms with Gasteiger partial charge in [-0.15, -0.1) is 0 Å². The molecule has 1 unspecified atom stereocenters. The van der Waals surface area contributed by atoms with Crippen LogP contribution in [-0.4, -0.2) is 30.5 Å². The lowest BCUT2D eigenvalue weighted by molar-refractivity contribution is -0.121. The van der Waals surface area contributed by atoms with Crippen molar-refractivity contribution in [2.75, 3.05) is 18.5 Å². The van der Waals surface area contributed by atoms with Gasteiger partial charge in [0, 0.05) is 13.2 Å². The zero-order valence-corrected chi connectivity index (χ0v) is 8.10. The molecule has 0 aromatic carbocycles. The third-order valence-electron chi connectivity index (χ3n) is 2.45. The van der Waals surface area contributed by atoms with Gasteiger partial charge in [0.05, 0.1) is 6.04 Å². The summed E-state index contributed by atoms with van der Waals surface area (Å²) < 4.78 is 0. The average molecular weight is 191 g/mol. The van der Waals surface area contributed by atoms with Crippen molar-refractivity contribution >= 4 is 11.7 Å². The normalized spacial score (nSPS) is 19.9. The second-order valence-corrected chi connectivity index (χ2v) is 3.38. The van der Waals surface area contributed by atoms with Gasteiger partial charge in [0.1, 0.15) is 5.82 Å². The average Bonchev–Trinajstić information content (AvgIpc) is 2.15. The molecular weight excluding hydrogens is 178 g/mol. The summed E-state index contributed by atoms with van der Waals surface area (Å²) in [5, 5.41) is 3.08. The Morgan fingerprint density at radius 2 is 2.43 bits per heavy atom. The molecule has 1 aromatic heterocycles. The van der Waals surface area contributed by atoms with Crippen molar-refractivity contribution in [2.45, 2.75) is 12.5 Å². The van der Waals surface area contributed by atoms with Crippen LogP contribution in [0.1, 0.15) is 6.42 Å². The van der Waals surface area contributed by atoms with Crippen molar-refractivity contribution in [2.24, 2.45) is 0 Å². The van der Waals surface area contributed by atoms with Crippen LogP contribution in [0.2, 0.25) is 0 Å². The Bertz CT molecular complexity index is 321. The summed E-state index contributed by atoms with van der Waals surface area (Å²) in [6.07, 6.45) is 2.61. The standard InChI is InChI=1S/C10H13N3O/c1-13(9-4-2-3-6-12-9)10(14)8-5-7-11-8/h2-4,6,8,11H,5,7H2,1H3. The second-order valence-electron chi connectivity index (χ2n) is 3.38. The minimum absolute atomic E-state index is 0.0120. The Morgan fingerprint density at radius 1 is 1.64 bits per heavy atom. The quantitative estimate of drug-likeness (QED) is 0.736. The Morgan fingerprint density at radius 3 is 2.93 bits per heavy atom. The van der Waals surface area contributed by atoms with E-state index in [1.807, 2.05) is 18.2 Å². The molecule has 2 rings (SSSR count). The van der Waals surface area contributed by atoms with E-state index >= 15 is 0 Å². The summed E-state index contributed by atoms with van der Waals surface area (Å²) in [5.74, 6) is 0.793. The van der Waals surface area contributed by atoms with Gasteiger partial charge in [-0.25, -0.2) is 4.98 Å². The Balaban J connectivity index is 2.07. The molecule has 0 saturated carbocycles. The number of nitrogens with zero attached hydrogens (tertiary/aromatic N) is 2. The molecule has 1 aliphatic heterocycles. The van der Waals surface area contributed by atoms with Crippen LogP contribution in [0.4, 0.5) is 5.82 Å². The SMILES string of the molecule is CN(C(=O)C1CCN1)c1ccccn1. The van der Waals surface area contributed by atoms with Gasteiger partial charge < -0.3 is 5.32 Å². The first-order valence-corrected chi connectivity index (χ1v) is 4.71. The summed E-state index contributed by atoms with van der Waals surface area (Å²) >= 11 is 0. The molecule has 1 saturated heterocycles. The maximum atomic E-state index is 11.7. The van der Waals surface area contributed by atoms with Crippen LogP contribution in [0.25, 0.3) is 0 Å². The monoisotopic (exact) mass is 191 g/mol. The lowest BCUT2D eigenvalue weighted by Crippen LogP contribution is -2.53. The minimum atomic E-state index is -0.0120. The van der Waals surface area contributed by atoms with Crippen molar-refractivity contribution in [3.05, 3.63) is 24.4 Å². The molecule has 1 atom stereocenters. The molecule has 1 amide bonds. The fourth-order valence-corrected chi connectivity index (χ4v) is 1.40. The highest BCUT2D eigenvalue weighted by molar-refractivity contribution is 5.96. The number of anilines is 1. The third-order valence-corrected chi connectivity index (χ3v) is 2.45. The smallest absolute Gasteiger partial charge is 0.245 e. The summed E-state index contributed by atoms with van der Waals surface area (Å²) in [6, 6.07) is 5.53. The van der Waals surface area contributed by atoms with Gasteiger partial charge in [0.2, 0.25) is 5.91 Å². The number of rotatable bonds is 2. The number of carbonyl (C=O) groups excluding carboxylic acids is 1. The molecule has 2 heterocycles. The maximum absolute atomic E-state index is 11.7. The molecule has 1 N–H and O–H groups in total. The molecule has 0 aliphatic carbocycles. The Hall–Kier alpha value is -1.42. The van der Waals surface area contributed by atoms with E-state index in [4.69, 9.17) is 0 Å². The van der Waals surface area contributed by atoms with E-state index in [-0.39, 0.29) is 11.9 Å². The minimum Gasteiger partial charge on any atom is -0.306 e. The van der Waals surface area contributed by atoms with Crippen LogP contribution >= 0.6 is 0 Å². The molecule has 74 valence electrons. The van der Waals surface area contributed by atoms with Crippen LogP contribution in [0.3, 0.4) is 0 Å². The van der Waals surface area contributed by atoms with E-state index in [2.05, 4.69) is 10.3 Å². The van der Waals surface area contributed by atoms with Gasteiger partial charge in [0.15, 0.2) is 0 Å². The lowest BCUT2D eigenvalue weighted by Gasteiger charge is -2.30. The van der Waals surface area contributed by atoms with Crippen molar-refractivity contribution in [1.29, 1.82) is 0 Å². The molecule has 0 bridgehead atoms. The van der Waals surface area contributed by atoms with Crippen molar-refractivity contribution in [3.63, 3.8) is 0 Å². The zero-order valence-electron chi connectivity index (χ0n) is 8.10. The van der Waals surface area contributed by atoms with Gasteiger partial charge in [0.25, 0.3) is 0 Å². The number of likely N-dealkylation sites (N-methyl/N-ethyl adjacent to an activating group) is 1. The summed E-state index contributed by atoms with van der Waals surface area (Å²) in [5.41, 5.74) is 0. The summed E-state index contributed by atoms with van der Waals surface area (Å²) in [7, 11) is 1.75. The molecule has 14 heavy (non-hydrogen) atoms. The number of hydrogen-bond donors (Lipinski definition) is 1. The van der Waals surface area contributed by atoms with Gasteiger partial charge >= 0.3 is 0 Å². The number of nitrogens with one attached hydrogen (secondary N) is 1. The summed E-state index contributed by atoms with van der Waals surface area (Å²) in [6.45, 7) is 0.937. The Kier molecular flexibility index (Phi) is 2.45. The fraction of sp³-hybridized carbons (Fsp3) is 0.400. The third kappa shape index (κ3) is 1.61. The van der Waals surface area contributed by atoms with E-state index in [1.54, 1.807) is 18.1 Å². The molecule has 4 nitrogen and oxygen atoms in total. The van der Waals surface area contributed by atoms with E-state index in [9.17, 15) is 4.79 Å². The lowest BCUT2D eigenvalue weighted by atomic mass is 10.1. The molecule has 1 fully saturated rings. The van der Waals surface area contributed by atoms with Crippen molar-refractivity contribution in [1.82, 2.24) is 10.3 Å². The molecule has 4 heteroatoms. The van der Waals surface area contributed by atoms with Crippen molar-refractivity contribution in [3.8, 4) is 0 Å². The number of amides is 1. The second kappa shape index (κ2) is 3.75. The number of hydrogen-bond acceptors (Lipinski definition) is 3. The van der Waals surface area contributed by atoms with Gasteiger partial charge in [-0.2, -0.15) is 0 Å². The Labute approximate surface area is 82.9 Å². The predicted molar refractivity (Wildman–Crippen MR) is 54.1 cm³/mol. The fourth-order valence-electron chi connectivity index (χ4n) is 1.40. The van der Waals surface area contributed by atoms with Crippen LogP contribution in [0, 0.1) is 0 Å². The molecular formula is C10H13N3O. The van der Waals surface area contributed by atoms with Crippen LogP contribution < -0.4 is 10.2 Å². The first kappa shape index (κ1) is 9.15. The predicted octanol–water partition coefficient (Wildman–Crippen LogP) is 0.406. The van der Waals surface area contributed by atoms with Crippen LogP contribution in [0.5, 0.6) is 0 Å². The number of pyridine rings is 1. The summed E-state index contributed by atoms with van der Waals surface area (Å²) in [4.78, 5) is 17.5. The van der Waals surface area contributed by atoms with E-state index in [0.29, 0.717) is 5.82 Å². The number of aromatic nitrogens is 1. The van der Waals surface area contributed by atoms with Crippen molar-refractivity contribution < 1.29 is 4.79 Å². The zero-order chi connectivity index (χ0) is 9.97. The molecule has 1 aliphatic rings. The highest BCUT2D eigenvalue weighted by Crippen LogP contribution is 2.12. The highest BCUT2D eigenvalue weighted by atomic mass is 16.2. The molecule has 1 aromatic rings. The largest absolute Gasteiger partial charge is 0.306 e. The maximum Gasteiger partial charge on any atom is 0.245 e. The first-order valence-electron chi connectivity index (χ1n) is 4.71. The molecule has 0 radical (unpaired) electrons.